The minimum Gasteiger partial charge on any atom is -0.368 e. The molecule has 1 rings (SSSR count). The molecule has 4 nitrogen and oxygen atoms in total. The molecule has 0 aromatic rings. The second-order valence-electron chi connectivity index (χ2n) is 4.47. The van der Waals surface area contributed by atoms with Crippen molar-refractivity contribution in [3.8, 4) is 0 Å². The summed E-state index contributed by atoms with van der Waals surface area (Å²) in [6.45, 7) is 5.44. The molecule has 0 aliphatic carbocycles. The van der Waals surface area contributed by atoms with Crippen molar-refractivity contribution < 1.29 is 9.53 Å². The number of hydrogen-bond donors (Lipinski definition) is 2. The van der Waals surface area contributed by atoms with Gasteiger partial charge in [0, 0.05) is 19.2 Å². The largest absolute Gasteiger partial charge is 0.368 e. The highest BCUT2D eigenvalue weighted by molar-refractivity contribution is 5.81. The van der Waals surface area contributed by atoms with Crippen molar-refractivity contribution in [2.75, 3.05) is 13.2 Å². The lowest BCUT2D eigenvalue weighted by Gasteiger charge is -2.14. The first-order valence-electron chi connectivity index (χ1n) is 5.76. The molecule has 0 radical (unpaired) electrons. The lowest BCUT2D eigenvalue weighted by Crippen LogP contribution is -2.38. The van der Waals surface area contributed by atoms with Crippen LogP contribution in [0, 0.1) is 5.92 Å². The van der Waals surface area contributed by atoms with Crippen LogP contribution >= 0.6 is 0 Å². The van der Waals surface area contributed by atoms with Gasteiger partial charge in [0.2, 0.25) is 5.91 Å². The Morgan fingerprint density at radius 2 is 2.40 bits per heavy atom. The standard InChI is InChI=1S/C11H22N2O2/c1-8-5-7-15-10(8)11(14)13-6-3-4-9(2)12/h8-10H,3-7,12H2,1-2H3,(H,13,14). The third kappa shape index (κ3) is 4.18. The van der Waals surface area contributed by atoms with Crippen LogP contribution in [0.1, 0.15) is 33.1 Å². The van der Waals surface area contributed by atoms with E-state index in [4.69, 9.17) is 10.5 Å². The fourth-order valence-electron chi connectivity index (χ4n) is 1.77. The number of ether oxygens (including phenoxy) is 1. The monoisotopic (exact) mass is 214 g/mol. The molecular formula is C11H22N2O2. The molecule has 1 aliphatic heterocycles. The van der Waals surface area contributed by atoms with Gasteiger partial charge in [-0.05, 0) is 32.1 Å². The number of amides is 1. The molecule has 4 heteroatoms. The van der Waals surface area contributed by atoms with Crippen molar-refractivity contribution in [3.05, 3.63) is 0 Å². The molecule has 1 saturated heterocycles. The zero-order chi connectivity index (χ0) is 11.3. The van der Waals surface area contributed by atoms with E-state index in [0.29, 0.717) is 19.1 Å². The zero-order valence-corrected chi connectivity index (χ0v) is 9.66. The Morgan fingerprint density at radius 1 is 1.67 bits per heavy atom. The number of rotatable bonds is 5. The molecule has 0 spiro atoms. The molecule has 88 valence electrons. The van der Waals surface area contributed by atoms with E-state index in [-0.39, 0.29) is 18.1 Å². The van der Waals surface area contributed by atoms with Crippen LogP contribution in [0.3, 0.4) is 0 Å². The highest BCUT2D eigenvalue weighted by Gasteiger charge is 2.30. The van der Waals surface area contributed by atoms with Crippen molar-refractivity contribution in [2.45, 2.75) is 45.3 Å². The first-order valence-corrected chi connectivity index (χ1v) is 5.76. The maximum atomic E-state index is 11.6. The normalized spacial score (nSPS) is 27.7. The molecule has 3 unspecified atom stereocenters. The zero-order valence-electron chi connectivity index (χ0n) is 9.66. The first-order chi connectivity index (χ1) is 7.11. The molecule has 1 fully saturated rings. The second-order valence-corrected chi connectivity index (χ2v) is 4.47. The smallest absolute Gasteiger partial charge is 0.249 e. The average molecular weight is 214 g/mol. The van der Waals surface area contributed by atoms with E-state index in [1.54, 1.807) is 0 Å². The van der Waals surface area contributed by atoms with E-state index in [0.717, 1.165) is 19.3 Å². The minimum absolute atomic E-state index is 0.0321. The number of hydrogen-bond acceptors (Lipinski definition) is 3. The SMILES string of the molecule is CC(N)CCCNC(=O)C1OCCC1C. The number of carbonyl (C=O) groups is 1. The van der Waals surface area contributed by atoms with Crippen molar-refractivity contribution in [1.29, 1.82) is 0 Å². The maximum Gasteiger partial charge on any atom is 0.249 e. The highest BCUT2D eigenvalue weighted by atomic mass is 16.5. The summed E-state index contributed by atoms with van der Waals surface area (Å²) >= 11 is 0. The topological polar surface area (TPSA) is 64.3 Å². The van der Waals surface area contributed by atoms with Gasteiger partial charge < -0.3 is 15.8 Å². The molecule has 1 heterocycles. The average Bonchev–Trinajstić information content (AvgIpc) is 2.58. The van der Waals surface area contributed by atoms with E-state index >= 15 is 0 Å². The van der Waals surface area contributed by atoms with Crippen LogP contribution < -0.4 is 11.1 Å². The van der Waals surface area contributed by atoms with Gasteiger partial charge in [-0.3, -0.25) is 4.79 Å². The lowest BCUT2D eigenvalue weighted by atomic mass is 10.0. The van der Waals surface area contributed by atoms with Crippen LogP contribution in [-0.4, -0.2) is 31.2 Å². The van der Waals surface area contributed by atoms with Gasteiger partial charge in [-0.25, -0.2) is 0 Å². The summed E-state index contributed by atoms with van der Waals surface area (Å²) in [5.74, 6) is 0.378. The second kappa shape index (κ2) is 6.08. The summed E-state index contributed by atoms with van der Waals surface area (Å²) in [4.78, 5) is 11.6. The predicted octanol–water partition coefficient (Wildman–Crippen LogP) is 0.655. The molecule has 0 aromatic heterocycles. The van der Waals surface area contributed by atoms with Crippen LogP contribution in [0.5, 0.6) is 0 Å². The number of nitrogens with one attached hydrogen (secondary N) is 1. The molecule has 1 aliphatic rings. The van der Waals surface area contributed by atoms with Crippen molar-refractivity contribution >= 4 is 5.91 Å². The van der Waals surface area contributed by atoms with E-state index in [1.807, 2.05) is 6.92 Å². The molecule has 3 atom stereocenters. The number of carbonyl (C=O) groups excluding carboxylic acids is 1. The fraction of sp³-hybridized carbons (Fsp3) is 0.909. The third-order valence-corrected chi connectivity index (χ3v) is 2.78. The Hall–Kier alpha value is -0.610. The van der Waals surface area contributed by atoms with Gasteiger partial charge in [0.05, 0.1) is 0 Å². The summed E-state index contributed by atoms with van der Waals surface area (Å²) in [6, 6.07) is 0.212. The fourth-order valence-corrected chi connectivity index (χ4v) is 1.77. The molecule has 0 bridgehead atoms. The van der Waals surface area contributed by atoms with Crippen molar-refractivity contribution in [3.63, 3.8) is 0 Å². The van der Waals surface area contributed by atoms with Gasteiger partial charge in [-0.15, -0.1) is 0 Å². The molecule has 0 aromatic carbocycles. The van der Waals surface area contributed by atoms with Crippen LogP contribution in [-0.2, 0) is 9.53 Å². The summed E-state index contributed by atoms with van der Waals surface area (Å²) in [5.41, 5.74) is 5.62. The van der Waals surface area contributed by atoms with Gasteiger partial charge in [0.1, 0.15) is 6.10 Å². The predicted molar refractivity (Wildman–Crippen MR) is 59.4 cm³/mol. The van der Waals surface area contributed by atoms with E-state index in [2.05, 4.69) is 12.2 Å². The van der Waals surface area contributed by atoms with Gasteiger partial charge >= 0.3 is 0 Å². The van der Waals surface area contributed by atoms with Crippen molar-refractivity contribution in [2.24, 2.45) is 11.7 Å². The summed E-state index contributed by atoms with van der Waals surface area (Å²) in [5, 5.41) is 2.89. The van der Waals surface area contributed by atoms with Crippen molar-refractivity contribution in [1.82, 2.24) is 5.32 Å². The van der Waals surface area contributed by atoms with Crippen LogP contribution in [0.15, 0.2) is 0 Å². The Balaban J connectivity index is 2.13. The number of nitrogens with two attached hydrogens (primary N) is 1. The van der Waals surface area contributed by atoms with Gasteiger partial charge in [-0.2, -0.15) is 0 Å². The summed E-state index contributed by atoms with van der Waals surface area (Å²) in [7, 11) is 0. The Morgan fingerprint density at radius 3 is 2.93 bits per heavy atom. The molecule has 15 heavy (non-hydrogen) atoms. The third-order valence-electron chi connectivity index (χ3n) is 2.78. The summed E-state index contributed by atoms with van der Waals surface area (Å²) < 4.78 is 5.37. The van der Waals surface area contributed by atoms with E-state index in [1.165, 1.54) is 0 Å². The molecule has 1 amide bonds. The Kier molecular flexibility index (Phi) is 5.05. The van der Waals surface area contributed by atoms with Gasteiger partial charge in [-0.1, -0.05) is 6.92 Å². The Labute approximate surface area is 91.5 Å². The van der Waals surface area contributed by atoms with Crippen LogP contribution in [0.2, 0.25) is 0 Å². The minimum atomic E-state index is -0.236. The van der Waals surface area contributed by atoms with Crippen LogP contribution in [0.25, 0.3) is 0 Å². The summed E-state index contributed by atoms with van der Waals surface area (Å²) in [6.07, 6.45) is 2.63. The van der Waals surface area contributed by atoms with Gasteiger partial charge in [0.25, 0.3) is 0 Å². The Bertz CT molecular complexity index is 207. The quantitative estimate of drug-likeness (QED) is 0.661. The van der Waals surface area contributed by atoms with E-state index < -0.39 is 0 Å². The van der Waals surface area contributed by atoms with E-state index in [9.17, 15) is 4.79 Å². The van der Waals surface area contributed by atoms with Gasteiger partial charge in [0.15, 0.2) is 0 Å². The lowest BCUT2D eigenvalue weighted by molar-refractivity contribution is -0.131. The first kappa shape index (κ1) is 12.5. The molecule has 0 saturated carbocycles. The maximum absolute atomic E-state index is 11.6. The highest BCUT2D eigenvalue weighted by Crippen LogP contribution is 2.19. The molecular weight excluding hydrogens is 192 g/mol. The molecule has 3 N–H and O–H groups in total. The van der Waals surface area contributed by atoms with Crippen LogP contribution in [0.4, 0.5) is 0 Å².